The van der Waals surface area contributed by atoms with Crippen molar-refractivity contribution in [1.29, 1.82) is 0 Å². The third kappa shape index (κ3) is 6.91. The first-order valence-electron chi connectivity index (χ1n) is 13.0. The van der Waals surface area contributed by atoms with Crippen molar-refractivity contribution >= 4 is 59.4 Å². The Morgan fingerprint density at radius 2 is 1.55 bits per heavy atom. The van der Waals surface area contributed by atoms with Gasteiger partial charge >= 0.3 is 0 Å². The number of nitrogens with two attached hydrogens (primary N) is 1. The molecule has 44 heavy (non-hydrogen) atoms. The van der Waals surface area contributed by atoms with Gasteiger partial charge in [-0.25, -0.2) is 8.42 Å². The molecule has 0 spiro atoms. The Kier molecular flexibility index (Phi) is 9.72. The van der Waals surface area contributed by atoms with Crippen molar-refractivity contribution in [1.82, 2.24) is 4.31 Å². The zero-order chi connectivity index (χ0) is 32.2. The summed E-state index contributed by atoms with van der Waals surface area (Å²) in [6, 6.07) is 14.3. The van der Waals surface area contributed by atoms with Crippen LogP contribution < -0.4 is 15.8 Å². The fourth-order valence-corrected chi connectivity index (χ4v) is 6.39. The molecule has 4 aromatic carbocycles. The molecular formula is C28H31N5O9S2. The molecule has 0 radical (unpaired) electrons. The Hall–Kier alpha value is -4.32. The van der Waals surface area contributed by atoms with Gasteiger partial charge in [0.1, 0.15) is 11.5 Å². The molecule has 0 bridgehead atoms. The first-order valence-corrected chi connectivity index (χ1v) is 15.9. The number of nitrogen functional groups attached to an aromatic ring is 1. The van der Waals surface area contributed by atoms with E-state index in [0.717, 1.165) is 10.4 Å². The third-order valence-electron chi connectivity index (χ3n) is 6.63. The lowest BCUT2D eigenvalue weighted by atomic mass is 10.1. The number of phenolic OH excluding ortho intramolecular Hbond substituents is 1. The second kappa shape index (κ2) is 13.1. The lowest BCUT2D eigenvalue weighted by Crippen LogP contribution is -2.35. The number of aromatic hydroxyl groups is 1. The van der Waals surface area contributed by atoms with Gasteiger partial charge in [-0.05, 0) is 66.4 Å². The van der Waals surface area contributed by atoms with Gasteiger partial charge in [0.05, 0.1) is 52.9 Å². The third-order valence-corrected chi connectivity index (χ3v) is 9.37. The molecule has 14 nitrogen and oxygen atoms in total. The van der Waals surface area contributed by atoms with Crippen molar-refractivity contribution in [2.24, 2.45) is 10.2 Å². The molecule has 16 heteroatoms. The highest BCUT2D eigenvalue weighted by Gasteiger charge is 2.23. The number of hydrogen-bond acceptors (Lipinski definition) is 12. The number of rotatable bonds is 12. The van der Waals surface area contributed by atoms with Crippen LogP contribution in [0.25, 0.3) is 10.8 Å². The Morgan fingerprint density at radius 3 is 2.14 bits per heavy atom. The van der Waals surface area contributed by atoms with E-state index in [2.05, 4.69) is 15.5 Å². The van der Waals surface area contributed by atoms with Gasteiger partial charge in [0.15, 0.2) is 0 Å². The maximum atomic E-state index is 12.8. The summed E-state index contributed by atoms with van der Waals surface area (Å²) in [7, 11) is -6.97. The molecule has 0 saturated carbocycles. The van der Waals surface area contributed by atoms with Crippen LogP contribution in [0.1, 0.15) is 5.56 Å². The minimum atomic E-state index is -4.50. The number of hydrogen-bond donors (Lipinski definition) is 6. The molecule has 0 aliphatic heterocycles. The summed E-state index contributed by atoms with van der Waals surface area (Å²) in [6.45, 7) is 0.703. The van der Waals surface area contributed by atoms with Crippen LogP contribution in [0.3, 0.4) is 0 Å². The van der Waals surface area contributed by atoms with Crippen molar-refractivity contribution in [3.8, 4) is 11.5 Å². The molecule has 0 aliphatic carbocycles. The number of sulfonamides is 1. The molecule has 0 saturated heterocycles. The second-order valence-electron chi connectivity index (χ2n) is 9.56. The number of azo groups is 1. The summed E-state index contributed by atoms with van der Waals surface area (Å²) in [5.74, 6) is 0.111. The van der Waals surface area contributed by atoms with Gasteiger partial charge < -0.3 is 31.1 Å². The maximum Gasteiger partial charge on any atom is 0.294 e. The number of aliphatic hydroxyl groups is 2. The first kappa shape index (κ1) is 32.6. The number of nitrogens with one attached hydrogen (secondary N) is 1. The summed E-state index contributed by atoms with van der Waals surface area (Å²) in [5, 5.41) is 41.3. The summed E-state index contributed by atoms with van der Waals surface area (Å²) in [4.78, 5) is -0.419. The van der Waals surface area contributed by atoms with E-state index < -0.39 is 25.0 Å². The summed E-state index contributed by atoms with van der Waals surface area (Å²) in [6.07, 6.45) is 0. The van der Waals surface area contributed by atoms with Crippen molar-refractivity contribution in [2.75, 3.05) is 44.5 Å². The molecule has 0 heterocycles. The highest BCUT2D eigenvalue weighted by atomic mass is 32.2. The summed E-state index contributed by atoms with van der Waals surface area (Å²) in [5.41, 5.74) is 8.18. The van der Waals surface area contributed by atoms with E-state index in [0.29, 0.717) is 33.8 Å². The van der Waals surface area contributed by atoms with Gasteiger partial charge in [-0.1, -0.05) is 6.07 Å². The van der Waals surface area contributed by atoms with Gasteiger partial charge in [0.25, 0.3) is 10.1 Å². The summed E-state index contributed by atoms with van der Waals surface area (Å²) < 4.78 is 64.6. The van der Waals surface area contributed by atoms with E-state index in [-0.39, 0.29) is 53.7 Å². The molecule has 0 fully saturated rings. The molecule has 0 amide bonds. The lowest BCUT2D eigenvalue weighted by molar-refractivity contribution is 0.217. The highest BCUT2D eigenvalue weighted by Crippen LogP contribution is 2.42. The first-order chi connectivity index (χ1) is 20.8. The monoisotopic (exact) mass is 645 g/mol. The van der Waals surface area contributed by atoms with Gasteiger partial charge in [0.2, 0.25) is 10.0 Å². The molecule has 7 N–H and O–H groups in total. The zero-order valence-corrected chi connectivity index (χ0v) is 25.3. The number of benzene rings is 4. The average molecular weight is 646 g/mol. The minimum absolute atomic E-state index is 0.0239. The van der Waals surface area contributed by atoms with Crippen LogP contribution in [-0.2, 0) is 20.1 Å². The van der Waals surface area contributed by atoms with Crippen LogP contribution in [0.5, 0.6) is 11.5 Å². The normalized spacial score (nSPS) is 12.3. The molecule has 0 atom stereocenters. The van der Waals surface area contributed by atoms with E-state index >= 15 is 0 Å². The number of ether oxygens (including phenoxy) is 1. The lowest BCUT2D eigenvalue weighted by Gasteiger charge is -2.20. The number of phenols is 1. The van der Waals surface area contributed by atoms with Crippen LogP contribution in [0, 0.1) is 6.92 Å². The molecule has 234 valence electrons. The number of anilines is 3. The predicted octanol–water partition coefficient (Wildman–Crippen LogP) is 3.83. The molecule has 4 aromatic rings. The van der Waals surface area contributed by atoms with Crippen molar-refractivity contribution < 1.29 is 41.4 Å². The van der Waals surface area contributed by atoms with Crippen molar-refractivity contribution in [2.45, 2.75) is 16.7 Å². The maximum absolute atomic E-state index is 12.8. The Morgan fingerprint density at radius 1 is 0.886 bits per heavy atom. The van der Waals surface area contributed by atoms with Crippen LogP contribution in [-0.4, -0.2) is 74.4 Å². The minimum Gasteiger partial charge on any atom is -0.505 e. The molecule has 0 aromatic heterocycles. The van der Waals surface area contributed by atoms with Crippen LogP contribution in [0.4, 0.5) is 28.4 Å². The SMILES string of the molecule is COc1cc(/N=N/c2ccc(S(=O)(=O)N(CCO)CCO)cc2)c(C)cc1Nc1ccc2cc(S(=O)(=O)O)cc(N)c2c1O. The number of aryl methyl sites for hydroxylation is 1. The zero-order valence-electron chi connectivity index (χ0n) is 23.7. The molecule has 4 rings (SSSR count). The van der Waals surface area contributed by atoms with Gasteiger partial charge in [-0.3, -0.25) is 4.55 Å². The van der Waals surface area contributed by atoms with E-state index in [1.165, 1.54) is 49.6 Å². The number of fused-ring (bicyclic) bond motifs is 1. The average Bonchev–Trinajstić information content (AvgIpc) is 2.97. The fourth-order valence-electron chi connectivity index (χ4n) is 4.42. The molecule has 0 aliphatic rings. The number of nitrogens with zero attached hydrogens (tertiary/aromatic N) is 3. The molecule has 0 unspecified atom stereocenters. The van der Waals surface area contributed by atoms with Crippen LogP contribution in [0.2, 0.25) is 0 Å². The topological polar surface area (TPSA) is 224 Å². The Labute approximate surface area is 253 Å². The van der Waals surface area contributed by atoms with E-state index in [9.17, 15) is 26.5 Å². The van der Waals surface area contributed by atoms with Crippen LogP contribution >= 0.6 is 0 Å². The van der Waals surface area contributed by atoms with Crippen LogP contribution in [0.15, 0.2) is 80.7 Å². The summed E-state index contributed by atoms with van der Waals surface area (Å²) >= 11 is 0. The van der Waals surface area contributed by atoms with Gasteiger partial charge in [-0.2, -0.15) is 23.0 Å². The van der Waals surface area contributed by atoms with Crippen molar-refractivity contribution in [3.05, 3.63) is 66.2 Å². The second-order valence-corrected chi connectivity index (χ2v) is 12.9. The predicted molar refractivity (Wildman–Crippen MR) is 164 cm³/mol. The van der Waals surface area contributed by atoms with E-state index in [1.807, 2.05) is 0 Å². The smallest absolute Gasteiger partial charge is 0.294 e. The standard InChI is InChI=1S/C28H31N5O9S2/c1-17-13-25(30-23-8-3-18-14-21(44(39,40)41)15-22(29)27(18)28(23)36)26(42-2)16-24(17)32-31-19-4-6-20(7-5-19)43(37,38)33(9-11-34)10-12-35/h3-8,13-16,30,34-36H,9-12,29H2,1-2H3,(H,39,40,41)/b32-31+. The number of aliphatic hydroxyl groups excluding tert-OH is 2. The number of methoxy groups -OCH3 is 1. The van der Waals surface area contributed by atoms with E-state index in [4.69, 9.17) is 20.7 Å². The Bertz CT molecular complexity index is 1930. The quantitative estimate of drug-likeness (QED) is 0.0562. The van der Waals surface area contributed by atoms with Crippen molar-refractivity contribution in [3.63, 3.8) is 0 Å². The molecular weight excluding hydrogens is 614 g/mol. The van der Waals surface area contributed by atoms with Gasteiger partial charge in [0, 0.05) is 30.2 Å². The van der Waals surface area contributed by atoms with Gasteiger partial charge in [-0.15, -0.1) is 0 Å². The largest absolute Gasteiger partial charge is 0.505 e. The Balaban J connectivity index is 1.59. The fraction of sp³-hybridized carbons (Fsp3) is 0.214. The highest BCUT2D eigenvalue weighted by molar-refractivity contribution is 7.89. The van der Waals surface area contributed by atoms with E-state index in [1.54, 1.807) is 19.1 Å².